The zero-order valence-corrected chi connectivity index (χ0v) is 11.4. The van der Waals surface area contributed by atoms with Crippen LogP contribution in [0.2, 0.25) is 0 Å². The highest BCUT2D eigenvalue weighted by molar-refractivity contribution is 5.85. The van der Waals surface area contributed by atoms with Crippen molar-refractivity contribution < 1.29 is 13.6 Å². The number of amides is 1. The standard InChI is InChI=1S/C11H22F2N2O.ClH/c1-4-9(8(2)3)5-10(16)15-7-11(12,13)6-14;/h8-9H,4-7,14H2,1-3H3,(H,15,16);1H. The SMILES string of the molecule is CCC(CC(=O)NCC(F)(F)CN)C(C)C.Cl. The van der Waals surface area contributed by atoms with Crippen LogP contribution in [0.1, 0.15) is 33.6 Å². The summed E-state index contributed by atoms with van der Waals surface area (Å²) in [5.74, 6) is -2.71. The molecule has 1 unspecified atom stereocenters. The minimum Gasteiger partial charge on any atom is -0.350 e. The van der Waals surface area contributed by atoms with E-state index in [4.69, 9.17) is 5.73 Å². The number of hydrogen-bond acceptors (Lipinski definition) is 2. The number of nitrogens with one attached hydrogen (secondary N) is 1. The van der Waals surface area contributed by atoms with Crippen molar-refractivity contribution in [2.24, 2.45) is 17.6 Å². The molecule has 0 aliphatic heterocycles. The van der Waals surface area contributed by atoms with Gasteiger partial charge in [0, 0.05) is 6.42 Å². The Hall–Kier alpha value is -0.420. The maximum absolute atomic E-state index is 12.8. The molecule has 0 heterocycles. The van der Waals surface area contributed by atoms with Crippen molar-refractivity contribution in [1.82, 2.24) is 5.32 Å². The molecule has 3 N–H and O–H groups in total. The summed E-state index contributed by atoms with van der Waals surface area (Å²) in [6.45, 7) is 4.63. The highest BCUT2D eigenvalue weighted by Crippen LogP contribution is 2.18. The minimum atomic E-state index is -3.00. The first kappa shape index (κ1) is 18.9. The van der Waals surface area contributed by atoms with Crippen molar-refractivity contribution in [3.05, 3.63) is 0 Å². The van der Waals surface area contributed by atoms with Gasteiger partial charge >= 0.3 is 0 Å². The first-order valence-electron chi connectivity index (χ1n) is 5.67. The monoisotopic (exact) mass is 272 g/mol. The molecule has 0 aliphatic rings. The Morgan fingerprint density at radius 2 is 1.94 bits per heavy atom. The minimum absolute atomic E-state index is 0. The van der Waals surface area contributed by atoms with E-state index in [2.05, 4.69) is 5.32 Å². The Bertz CT molecular complexity index is 226. The van der Waals surface area contributed by atoms with Gasteiger partial charge in [0.2, 0.25) is 5.91 Å². The van der Waals surface area contributed by atoms with Crippen LogP contribution in [0.15, 0.2) is 0 Å². The second-order valence-electron chi connectivity index (χ2n) is 4.45. The van der Waals surface area contributed by atoms with Gasteiger partial charge in [0.15, 0.2) is 0 Å². The molecule has 0 spiro atoms. The summed E-state index contributed by atoms with van der Waals surface area (Å²) in [4.78, 5) is 11.4. The van der Waals surface area contributed by atoms with Crippen LogP contribution in [0.5, 0.6) is 0 Å². The number of nitrogens with two attached hydrogens (primary N) is 1. The van der Waals surface area contributed by atoms with E-state index in [1.54, 1.807) is 0 Å². The van der Waals surface area contributed by atoms with Gasteiger partial charge in [-0.05, 0) is 11.8 Å². The third kappa shape index (κ3) is 8.32. The number of halogens is 3. The molecule has 0 saturated carbocycles. The summed E-state index contributed by atoms with van der Waals surface area (Å²) in [6, 6.07) is 0. The Labute approximate surface area is 108 Å². The van der Waals surface area contributed by atoms with E-state index in [-0.39, 0.29) is 24.2 Å². The average Bonchev–Trinajstić information content (AvgIpc) is 2.22. The zero-order chi connectivity index (χ0) is 12.8. The van der Waals surface area contributed by atoms with E-state index in [0.717, 1.165) is 6.42 Å². The maximum Gasteiger partial charge on any atom is 0.277 e. The van der Waals surface area contributed by atoms with Gasteiger partial charge in [0.1, 0.15) is 0 Å². The summed E-state index contributed by atoms with van der Waals surface area (Å²) in [5, 5.41) is 2.22. The Morgan fingerprint density at radius 3 is 2.29 bits per heavy atom. The second kappa shape index (κ2) is 8.64. The molecule has 0 aromatic rings. The fourth-order valence-electron chi connectivity index (χ4n) is 1.46. The van der Waals surface area contributed by atoms with E-state index in [1.807, 2.05) is 20.8 Å². The summed E-state index contributed by atoms with van der Waals surface area (Å²) in [7, 11) is 0. The third-order valence-corrected chi connectivity index (χ3v) is 2.76. The quantitative estimate of drug-likeness (QED) is 0.746. The lowest BCUT2D eigenvalue weighted by Gasteiger charge is -2.19. The molecule has 0 fully saturated rings. The molecule has 0 rings (SSSR count). The van der Waals surface area contributed by atoms with Crippen molar-refractivity contribution in [3.63, 3.8) is 0 Å². The van der Waals surface area contributed by atoms with Gasteiger partial charge in [0.05, 0.1) is 13.1 Å². The number of carbonyl (C=O) groups excluding carboxylic acids is 1. The molecule has 3 nitrogen and oxygen atoms in total. The molecular weight excluding hydrogens is 250 g/mol. The van der Waals surface area contributed by atoms with Crippen LogP contribution in [0, 0.1) is 11.8 Å². The molecule has 0 bridgehead atoms. The zero-order valence-electron chi connectivity index (χ0n) is 10.6. The van der Waals surface area contributed by atoms with E-state index >= 15 is 0 Å². The van der Waals surface area contributed by atoms with Crippen LogP contribution in [0.25, 0.3) is 0 Å². The van der Waals surface area contributed by atoms with Gasteiger partial charge in [-0.25, -0.2) is 8.78 Å². The smallest absolute Gasteiger partial charge is 0.277 e. The summed E-state index contributed by atoms with van der Waals surface area (Å²) >= 11 is 0. The number of hydrogen-bond donors (Lipinski definition) is 2. The predicted molar refractivity (Wildman–Crippen MR) is 67.5 cm³/mol. The van der Waals surface area contributed by atoms with Crippen LogP contribution in [-0.2, 0) is 4.79 Å². The third-order valence-electron chi connectivity index (χ3n) is 2.76. The van der Waals surface area contributed by atoms with Gasteiger partial charge in [-0.15, -0.1) is 12.4 Å². The summed E-state index contributed by atoms with van der Waals surface area (Å²) in [5.41, 5.74) is 4.87. The average molecular weight is 273 g/mol. The molecule has 0 saturated heterocycles. The highest BCUT2D eigenvalue weighted by Gasteiger charge is 2.27. The molecule has 104 valence electrons. The van der Waals surface area contributed by atoms with E-state index in [9.17, 15) is 13.6 Å². The molecule has 1 atom stereocenters. The van der Waals surface area contributed by atoms with E-state index in [1.165, 1.54) is 0 Å². The van der Waals surface area contributed by atoms with Gasteiger partial charge < -0.3 is 11.1 Å². The molecular formula is C11H23ClF2N2O. The highest BCUT2D eigenvalue weighted by atomic mass is 35.5. The van der Waals surface area contributed by atoms with Crippen LogP contribution in [-0.4, -0.2) is 24.9 Å². The lowest BCUT2D eigenvalue weighted by Crippen LogP contribution is -2.42. The molecule has 0 aromatic heterocycles. The van der Waals surface area contributed by atoms with Crippen LogP contribution >= 0.6 is 12.4 Å². The van der Waals surface area contributed by atoms with E-state index < -0.39 is 19.0 Å². The normalized spacial score (nSPS) is 13.1. The van der Waals surface area contributed by atoms with Crippen LogP contribution in [0.4, 0.5) is 8.78 Å². The Balaban J connectivity index is 0. The second-order valence-corrected chi connectivity index (χ2v) is 4.45. The number of alkyl halides is 2. The largest absolute Gasteiger partial charge is 0.350 e. The first-order valence-corrected chi connectivity index (χ1v) is 5.67. The van der Waals surface area contributed by atoms with Gasteiger partial charge in [-0.3, -0.25) is 4.79 Å². The first-order chi connectivity index (χ1) is 7.32. The Morgan fingerprint density at radius 1 is 1.41 bits per heavy atom. The van der Waals surface area contributed by atoms with E-state index in [0.29, 0.717) is 12.3 Å². The summed E-state index contributed by atoms with van der Waals surface area (Å²) < 4.78 is 25.5. The molecule has 1 amide bonds. The van der Waals surface area contributed by atoms with Gasteiger partial charge in [-0.2, -0.15) is 0 Å². The van der Waals surface area contributed by atoms with Crippen LogP contribution < -0.4 is 11.1 Å². The fraction of sp³-hybridized carbons (Fsp3) is 0.909. The van der Waals surface area contributed by atoms with Crippen molar-refractivity contribution in [3.8, 4) is 0 Å². The molecule has 0 radical (unpaired) electrons. The van der Waals surface area contributed by atoms with Crippen molar-refractivity contribution >= 4 is 18.3 Å². The maximum atomic E-state index is 12.8. The van der Waals surface area contributed by atoms with Gasteiger partial charge in [0.25, 0.3) is 5.92 Å². The van der Waals surface area contributed by atoms with Gasteiger partial charge in [-0.1, -0.05) is 27.2 Å². The molecule has 17 heavy (non-hydrogen) atoms. The molecule has 0 aromatic carbocycles. The number of rotatable bonds is 7. The molecule has 0 aliphatic carbocycles. The van der Waals surface area contributed by atoms with Crippen molar-refractivity contribution in [2.75, 3.05) is 13.1 Å². The fourth-order valence-corrected chi connectivity index (χ4v) is 1.46. The summed E-state index contributed by atoms with van der Waals surface area (Å²) in [6.07, 6.45) is 1.17. The van der Waals surface area contributed by atoms with Crippen molar-refractivity contribution in [1.29, 1.82) is 0 Å². The number of carbonyl (C=O) groups is 1. The molecule has 6 heteroatoms. The lowest BCUT2D eigenvalue weighted by atomic mass is 9.90. The topological polar surface area (TPSA) is 55.1 Å². The Kier molecular flexibility index (Phi) is 9.62. The van der Waals surface area contributed by atoms with Crippen LogP contribution in [0.3, 0.4) is 0 Å². The van der Waals surface area contributed by atoms with Crippen molar-refractivity contribution in [2.45, 2.75) is 39.5 Å². The predicted octanol–water partition coefficient (Wildman–Crippen LogP) is 2.19. The lowest BCUT2D eigenvalue weighted by molar-refractivity contribution is -0.124.